The zero-order chi connectivity index (χ0) is 27.1. The maximum absolute atomic E-state index is 2.38. The van der Waals surface area contributed by atoms with E-state index in [1.807, 2.05) is 0 Å². The Morgan fingerprint density at radius 3 is 1.30 bits per heavy atom. The fourth-order valence-corrected chi connectivity index (χ4v) is 5.78. The van der Waals surface area contributed by atoms with Crippen molar-refractivity contribution in [1.82, 2.24) is 4.57 Å². The van der Waals surface area contributed by atoms with Gasteiger partial charge in [-0.15, -0.1) is 0 Å². The van der Waals surface area contributed by atoms with Crippen molar-refractivity contribution in [2.45, 2.75) is 19.8 Å². The van der Waals surface area contributed by atoms with Crippen molar-refractivity contribution in [2.75, 3.05) is 0 Å². The van der Waals surface area contributed by atoms with Gasteiger partial charge in [-0.2, -0.15) is 0 Å². The number of fused-ring (bicyclic) bond motifs is 3. The number of nitrogens with zero attached hydrogens (tertiary/aromatic N) is 1. The SMILES string of the molecule is CC(C)c1ccc(-c2ccc(-c3ccc4c(c3)c3cc(-c5ccccc5)ccc3n4-c3ccccc3)cc2)cc1. The Bertz CT molecular complexity index is 1930. The Hall–Kier alpha value is -4.88. The number of hydrogen-bond acceptors (Lipinski definition) is 0. The standard InChI is InChI=1S/C39H31N/c1-27(2)28-13-15-30(16-14-28)31-17-19-32(20-18-31)34-22-24-39-37(26-34)36-25-33(29-9-5-3-6-10-29)21-23-38(36)40(39)35-11-7-4-8-12-35/h3-27H,1-2H3. The summed E-state index contributed by atoms with van der Waals surface area (Å²) in [4.78, 5) is 0. The summed E-state index contributed by atoms with van der Waals surface area (Å²) in [5.41, 5.74) is 12.4. The van der Waals surface area contributed by atoms with E-state index in [0.29, 0.717) is 5.92 Å². The van der Waals surface area contributed by atoms with E-state index in [1.165, 1.54) is 66.4 Å². The van der Waals surface area contributed by atoms with Crippen LogP contribution in [0.3, 0.4) is 0 Å². The quantitative estimate of drug-likeness (QED) is 0.216. The van der Waals surface area contributed by atoms with E-state index in [-0.39, 0.29) is 0 Å². The monoisotopic (exact) mass is 513 g/mol. The number of benzene rings is 6. The van der Waals surface area contributed by atoms with E-state index >= 15 is 0 Å². The Labute approximate surface area is 236 Å². The van der Waals surface area contributed by atoms with Gasteiger partial charge in [-0.3, -0.25) is 0 Å². The topological polar surface area (TPSA) is 4.93 Å². The second-order valence-corrected chi connectivity index (χ2v) is 10.9. The van der Waals surface area contributed by atoms with Crippen LogP contribution in [0.25, 0.3) is 60.9 Å². The molecule has 0 bridgehead atoms. The van der Waals surface area contributed by atoms with Crippen LogP contribution >= 0.6 is 0 Å². The van der Waals surface area contributed by atoms with Gasteiger partial charge >= 0.3 is 0 Å². The van der Waals surface area contributed by atoms with Crippen molar-refractivity contribution >= 4 is 21.8 Å². The van der Waals surface area contributed by atoms with Gasteiger partial charge < -0.3 is 4.57 Å². The Balaban J connectivity index is 1.35. The molecule has 0 saturated heterocycles. The van der Waals surface area contributed by atoms with Gasteiger partial charge in [-0.05, 0) is 81.3 Å². The summed E-state index contributed by atoms with van der Waals surface area (Å²) in [5, 5.41) is 2.53. The average Bonchev–Trinajstić information content (AvgIpc) is 3.35. The van der Waals surface area contributed by atoms with Gasteiger partial charge in [0.1, 0.15) is 0 Å². The smallest absolute Gasteiger partial charge is 0.0541 e. The summed E-state index contributed by atoms with van der Waals surface area (Å²) in [7, 11) is 0. The molecule has 7 aromatic rings. The zero-order valence-corrected chi connectivity index (χ0v) is 22.9. The van der Waals surface area contributed by atoms with Crippen LogP contribution in [0, 0.1) is 0 Å². The molecule has 0 aliphatic rings. The van der Waals surface area contributed by atoms with Crippen molar-refractivity contribution in [1.29, 1.82) is 0 Å². The van der Waals surface area contributed by atoms with Gasteiger partial charge in [-0.1, -0.05) is 123 Å². The molecule has 0 radical (unpaired) electrons. The van der Waals surface area contributed by atoms with E-state index in [9.17, 15) is 0 Å². The Morgan fingerprint density at radius 2 is 0.800 bits per heavy atom. The summed E-state index contributed by atoms with van der Waals surface area (Å²) < 4.78 is 2.38. The predicted octanol–water partition coefficient (Wildman–Crippen LogP) is 10.9. The van der Waals surface area contributed by atoms with Gasteiger partial charge in [0.15, 0.2) is 0 Å². The van der Waals surface area contributed by atoms with E-state index in [4.69, 9.17) is 0 Å². The van der Waals surface area contributed by atoms with E-state index in [0.717, 1.165) is 0 Å². The van der Waals surface area contributed by atoms with Crippen molar-refractivity contribution in [2.24, 2.45) is 0 Å². The first-order valence-corrected chi connectivity index (χ1v) is 14.1. The Morgan fingerprint density at radius 1 is 0.400 bits per heavy atom. The number of para-hydroxylation sites is 1. The molecule has 0 spiro atoms. The lowest BCUT2D eigenvalue weighted by molar-refractivity contribution is 0.867. The van der Waals surface area contributed by atoms with Crippen LogP contribution in [0.15, 0.2) is 146 Å². The van der Waals surface area contributed by atoms with Gasteiger partial charge in [0.25, 0.3) is 0 Å². The number of hydrogen-bond donors (Lipinski definition) is 0. The summed E-state index contributed by atoms with van der Waals surface area (Å²) in [6.07, 6.45) is 0. The molecule has 1 aromatic heterocycles. The highest BCUT2D eigenvalue weighted by atomic mass is 15.0. The van der Waals surface area contributed by atoms with Crippen molar-refractivity contribution in [3.8, 4) is 39.1 Å². The second-order valence-electron chi connectivity index (χ2n) is 10.9. The van der Waals surface area contributed by atoms with Gasteiger partial charge in [0, 0.05) is 16.5 Å². The highest BCUT2D eigenvalue weighted by Crippen LogP contribution is 2.37. The van der Waals surface area contributed by atoms with Gasteiger partial charge in [0.2, 0.25) is 0 Å². The molecule has 0 saturated carbocycles. The minimum absolute atomic E-state index is 0.544. The number of aromatic nitrogens is 1. The van der Waals surface area contributed by atoms with Gasteiger partial charge in [0.05, 0.1) is 11.0 Å². The van der Waals surface area contributed by atoms with Crippen LogP contribution in [0.4, 0.5) is 0 Å². The average molecular weight is 514 g/mol. The van der Waals surface area contributed by atoms with Crippen LogP contribution < -0.4 is 0 Å². The molecule has 1 heteroatoms. The summed E-state index contributed by atoms with van der Waals surface area (Å²) >= 11 is 0. The molecule has 6 aromatic carbocycles. The van der Waals surface area contributed by atoms with E-state index in [1.54, 1.807) is 0 Å². The lowest BCUT2D eigenvalue weighted by atomic mass is 9.96. The third-order valence-corrected chi connectivity index (χ3v) is 8.02. The maximum Gasteiger partial charge on any atom is 0.0541 e. The molecule has 0 N–H and O–H groups in total. The molecule has 40 heavy (non-hydrogen) atoms. The molecule has 0 atom stereocenters. The molecule has 192 valence electrons. The molecular formula is C39H31N. The van der Waals surface area contributed by atoms with E-state index < -0.39 is 0 Å². The van der Waals surface area contributed by atoms with Crippen molar-refractivity contribution < 1.29 is 0 Å². The molecule has 0 aliphatic heterocycles. The molecule has 7 rings (SSSR count). The van der Waals surface area contributed by atoms with Crippen molar-refractivity contribution in [3.05, 3.63) is 151 Å². The predicted molar refractivity (Wildman–Crippen MR) is 171 cm³/mol. The minimum atomic E-state index is 0.544. The Kier molecular flexibility index (Phi) is 6.06. The first-order chi connectivity index (χ1) is 19.7. The van der Waals surface area contributed by atoms with E-state index in [2.05, 4.69) is 164 Å². The molecule has 1 heterocycles. The van der Waals surface area contributed by atoms with Crippen LogP contribution in [0.2, 0.25) is 0 Å². The number of rotatable bonds is 5. The lowest BCUT2D eigenvalue weighted by Gasteiger charge is -2.09. The largest absolute Gasteiger partial charge is 0.309 e. The molecule has 0 amide bonds. The van der Waals surface area contributed by atoms with Crippen molar-refractivity contribution in [3.63, 3.8) is 0 Å². The van der Waals surface area contributed by atoms with Gasteiger partial charge in [-0.25, -0.2) is 0 Å². The fourth-order valence-electron chi connectivity index (χ4n) is 5.78. The third-order valence-electron chi connectivity index (χ3n) is 8.02. The molecule has 0 fully saturated rings. The zero-order valence-electron chi connectivity index (χ0n) is 22.9. The summed E-state index contributed by atoms with van der Waals surface area (Å²) in [6.45, 7) is 4.47. The normalized spacial score (nSPS) is 11.5. The first-order valence-electron chi connectivity index (χ1n) is 14.1. The second kappa shape index (κ2) is 10.0. The molecular weight excluding hydrogens is 482 g/mol. The van der Waals surface area contributed by atoms with Crippen LogP contribution in [0.1, 0.15) is 25.3 Å². The van der Waals surface area contributed by atoms with Crippen LogP contribution in [0.5, 0.6) is 0 Å². The first kappa shape index (κ1) is 24.2. The van der Waals surface area contributed by atoms with Crippen LogP contribution in [-0.4, -0.2) is 4.57 Å². The molecule has 0 aliphatic carbocycles. The highest BCUT2D eigenvalue weighted by molar-refractivity contribution is 6.11. The summed E-state index contributed by atoms with van der Waals surface area (Å²) in [5.74, 6) is 0.544. The maximum atomic E-state index is 2.38. The summed E-state index contributed by atoms with van der Waals surface area (Å²) in [6, 6.07) is 53.0. The minimum Gasteiger partial charge on any atom is -0.309 e. The molecule has 0 unspecified atom stereocenters. The molecule has 1 nitrogen and oxygen atoms in total. The fraction of sp³-hybridized carbons (Fsp3) is 0.0769. The third kappa shape index (κ3) is 4.30. The van der Waals surface area contributed by atoms with Crippen LogP contribution in [-0.2, 0) is 0 Å². The lowest BCUT2D eigenvalue weighted by Crippen LogP contribution is -1.93. The highest BCUT2D eigenvalue weighted by Gasteiger charge is 2.14.